The molecule has 0 radical (unpaired) electrons. The van der Waals surface area contributed by atoms with Crippen molar-refractivity contribution in [1.29, 1.82) is 0 Å². The molecule has 0 spiro atoms. The van der Waals surface area contributed by atoms with E-state index in [2.05, 4.69) is 10.5 Å². The van der Waals surface area contributed by atoms with E-state index in [0.29, 0.717) is 24.2 Å². The van der Waals surface area contributed by atoms with Crippen LogP contribution in [0.5, 0.6) is 0 Å². The average Bonchev–Trinajstić information content (AvgIpc) is 2.39. The molecule has 1 atom stereocenters. The van der Waals surface area contributed by atoms with Gasteiger partial charge in [0, 0.05) is 31.3 Å². The number of methoxy groups -OCH3 is 1. The number of amidine groups is 1. The van der Waals surface area contributed by atoms with Crippen LogP contribution in [0.15, 0.2) is 23.4 Å². The molecule has 0 aliphatic heterocycles. The van der Waals surface area contributed by atoms with Crippen LogP contribution in [0.1, 0.15) is 18.1 Å². The molecule has 1 aromatic rings. The normalized spacial score (nSPS) is 13.6. The first-order chi connectivity index (χ1) is 8.58. The smallest absolute Gasteiger partial charge is 0.170 e. The van der Waals surface area contributed by atoms with Crippen molar-refractivity contribution in [3.8, 4) is 0 Å². The standard InChI is InChI=1S/C12H18FN3O2/c1-8(18-2)6-15-7-10-4-3-9(5-11(10)13)12(14)16-17/h3-5,8,15,17H,6-7H2,1-2H3,(H2,14,16). The van der Waals surface area contributed by atoms with Gasteiger partial charge in [0.1, 0.15) is 5.82 Å². The highest BCUT2D eigenvalue weighted by molar-refractivity contribution is 5.97. The highest BCUT2D eigenvalue weighted by atomic mass is 19.1. The molecule has 0 aliphatic carbocycles. The van der Waals surface area contributed by atoms with Crippen LogP contribution in [-0.2, 0) is 11.3 Å². The summed E-state index contributed by atoms with van der Waals surface area (Å²) in [6.45, 7) is 2.96. The van der Waals surface area contributed by atoms with Gasteiger partial charge in [-0.15, -0.1) is 0 Å². The second kappa shape index (κ2) is 6.93. The number of hydrogen-bond donors (Lipinski definition) is 3. The monoisotopic (exact) mass is 255 g/mol. The Morgan fingerprint density at radius 1 is 1.61 bits per heavy atom. The van der Waals surface area contributed by atoms with Gasteiger partial charge in [-0.05, 0) is 13.0 Å². The summed E-state index contributed by atoms with van der Waals surface area (Å²) in [6, 6.07) is 4.45. The minimum atomic E-state index is -0.392. The molecule has 100 valence electrons. The fourth-order valence-electron chi connectivity index (χ4n) is 1.40. The van der Waals surface area contributed by atoms with Gasteiger partial charge in [-0.2, -0.15) is 0 Å². The summed E-state index contributed by atoms with van der Waals surface area (Å²) in [5.74, 6) is -0.502. The molecule has 1 unspecified atom stereocenters. The molecule has 1 rings (SSSR count). The van der Waals surface area contributed by atoms with Crippen molar-refractivity contribution < 1.29 is 14.3 Å². The lowest BCUT2D eigenvalue weighted by atomic mass is 10.1. The van der Waals surface area contributed by atoms with E-state index in [9.17, 15) is 4.39 Å². The second-order valence-electron chi connectivity index (χ2n) is 3.97. The van der Waals surface area contributed by atoms with Crippen molar-refractivity contribution in [2.75, 3.05) is 13.7 Å². The van der Waals surface area contributed by atoms with Gasteiger partial charge in [-0.1, -0.05) is 17.3 Å². The van der Waals surface area contributed by atoms with Crippen LogP contribution in [0.4, 0.5) is 4.39 Å². The molecule has 0 bridgehead atoms. The summed E-state index contributed by atoms with van der Waals surface area (Å²) in [5, 5.41) is 14.4. The summed E-state index contributed by atoms with van der Waals surface area (Å²) < 4.78 is 18.8. The minimum Gasteiger partial charge on any atom is -0.409 e. The number of benzene rings is 1. The summed E-state index contributed by atoms with van der Waals surface area (Å²) in [6.07, 6.45) is 0.0736. The van der Waals surface area contributed by atoms with Gasteiger partial charge in [-0.25, -0.2) is 4.39 Å². The summed E-state index contributed by atoms with van der Waals surface area (Å²) >= 11 is 0. The lowest BCUT2D eigenvalue weighted by Gasteiger charge is -2.11. The van der Waals surface area contributed by atoms with E-state index in [0.717, 1.165) is 0 Å². The van der Waals surface area contributed by atoms with Gasteiger partial charge in [0.15, 0.2) is 5.84 Å². The highest BCUT2D eigenvalue weighted by Crippen LogP contribution is 2.10. The van der Waals surface area contributed by atoms with Crippen LogP contribution in [0.25, 0.3) is 0 Å². The van der Waals surface area contributed by atoms with Crippen LogP contribution >= 0.6 is 0 Å². The molecule has 18 heavy (non-hydrogen) atoms. The number of nitrogens with two attached hydrogens (primary N) is 1. The number of oxime groups is 1. The maximum absolute atomic E-state index is 13.7. The maximum atomic E-state index is 13.7. The van der Waals surface area contributed by atoms with Crippen molar-refractivity contribution >= 4 is 5.84 Å². The van der Waals surface area contributed by atoms with Gasteiger partial charge in [0.25, 0.3) is 0 Å². The number of rotatable bonds is 6. The van der Waals surface area contributed by atoms with Crippen molar-refractivity contribution in [2.45, 2.75) is 19.6 Å². The molecule has 6 heteroatoms. The quantitative estimate of drug-likeness (QED) is 0.307. The third-order valence-corrected chi connectivity index (χ3v) is 2.61. The fourth-order valence-corrected chi connectivity index (χ4v) is 1.40. The van der Waals surface area contributed by atoms with Crippen LogP contribution in [0, 0.1) is 5.82 Å². The van der Waals surface area contributed by atoms with Gasteiger partial charge >= 0.3 is 0 Å². The Hall–Kier alpha value is -1.66. The zero-order chi connectivity index (χ0) is 13.5. The van der Waals surface area contributed by atoms with Crippen LogP contribution < -0.4 is 11.1 Å². The summed E-state index contributed by atoms with van der Waals surface area (Å²) in [7, 11) is 1.62. The Bertz CT molecular complexity index is 424. The van der Waals surface area contributed by atoms with E-state index in [-0.39, 0.29) is 11.9 Å². The van der Waals surface area contributed by atoms with Crippen molar-refractivity contribution in [3.05, 3.63) is 35.1 Å². The number of ether oxygens (including phenoxy) is 1. The van der Waals surface area contributed by atoms with E-state index >= 15 is 0 Å². The third-order valence-electron chi connectivity index (χ3n) is 2.61. The van der Waals surface area contributed by atoms with Gasteiger partial charge in [0.05, 0.1) is 6.10 Å². The molecule has 0 saturated carbocycles. The SMILES string of the molecule is COC(C)CNCc1ccc(/C(N)=N/O)cc1F. The van der Waals surface area contributed by atoms with Crippen molar-refractivity contribution in [1.82, 2.24) is 5.32 Å². The van der Waals surface area contributed by atoms with E-state index < -0.39 is 5.82 Å². The maximum Gasteiger partial charge on any atom is 0.170 e. The molecule has 1 aromatic carbocycles. The molecular formula is C12H18FN3O2. The first-order valence-corrected chi connectivity index (χ1v) is 5.58. The van der Waals surface area contributed by atoms with E-state index in [4.69, 9.17) is 15.7 Å². The number of nitrogens with one attached hydrogen (secondary N) is 1. The minimum absolute atomic E-state index is 0.0736. The zero-order valence-electron chi connectivity index (χ0n) is 10.5. The van der Waals surface area contributed by atoms with Crippen molar-refractivity contribution in [3.63, 3.8) is 0 Å². The predicted octanol–water partition coefficient (Wildman–Crippen LogP) is 1.04. The molecule has 0 heterocycles. The lowest BCUT2D eigenvalue weighted by molar-refractivity contribution is 0.117. The van der Waals surface area contributed by atoms with E-state index in [1.54, 1.807) is 19.2 Å². The Labute approximate surface area is 105 Å². The molecular weight excluding hydrogens is 237 g/mol. The molecule has 0 saturated heterocycles. The fraction of sp³-hybridized carbons (Fsp3) is 0.417. The number of hydrogen-bond acceptors (Lipinski definition) is 4. The molecule has 0 aromatic heterocycles. The Morgan fingerprint density at radius 2 is 2.33 bits per heavy atom. The van der Waals surface area contributed by atoms with E-state index in [1.165, 1.54) is 6.07 Å². The van der Waals surface area contributed by atoms with Crippen molar-refractivity contribution in [2.24, 2.45) is 10.9 Å². The summed E-state index contributed by atoms with van der Waals surface area (Å²) in [5.41, 5.74) is 6.24. The predicted molar refractivity (Wildman–Crippen MR) is 67.1 cm³/mol. The topological polar surface area (TPSA) is 79.9 Å². The largest absolute Gasteiger partial charge is 0.409 e. The number of nitrogens with zero attached hydrogens (tertiary/aromatic N) is 1. The molecule has 5 nitrogen and oxygen atoms in total. The van der Waals surface area contributed by atoms with Crippen LogP contribution in [0.3, 0.4) is 0 Å². The summed E-state index contributed by atoms with van der Waals surface area (Å²) in [4.78, 5) is 0. The zero-order valence-corrected chi connectivity index (χ0v) is 10.5. The van der Waals surface area contributed by atoms with Gasteiger partial charge in [0.2, 0.25) is 0 Å². The third kappa shape index (κ3) is 3.97. The molecule has 0 aliphatic rings. The second-order valence-corrected chi connectivity index (χ2v) is 3.97. The average molecular weight is 255 g/mol. The first-order valence-electron chi connectivity index (χ1n) is 5.58. The molecule has 4 N–H and O–H groups in total. The Morgan fingerprint density at radius 3 is 2.89 bits per heavy atom. The highest BCUT2D eigenvalue weighted by Gasteiger charge is 2.07. The van der Waals surface area contributed by atoms with Crippen LogP contribution in [-0.4, -0.2) is 30.8 Å². The Kier molecular flexibility index (Phi) is 5.54. The molecule has 0 amide bonds. The van der Waals surface area contributed by atoms with Gasteiger partial charge < -0.3 is 21.0 Å². The lowest BCUT2D eigenvalue weighted by Crippen LogP contribution is -2.26. The first kappa shape index (κ1) is 14.4. The van der Waals surface area contributed by atoms with Gasteiger partial charge in [-0.3, -0.25) is 0 Å². The van der Waals surface area contributed by atoms with E-state index in [1.807, 2.05) is 6.92 Å². The molecule has 0 fully saturated rings. The Balaban J connectivity index is 2.63. The van der Waals surface area contributed by atoms with Crippen LogP contribution in [0.2, 0.25) is 0 Å². The number of halogens is 1.